The molecule has 1 aromatic heterocycles. The van der Waals surface area contributed by atoms with Crippen LogP contribution in [0.3, 0.4) is 0 Å². The van der Waals surface area contributed by atoms with Gasteiger partial charge in [-0.3, -0.25) is 0 Å². The number of hydrogen-bond donors (Lipinski definition) is 1. The van der Waals surface area contributed by atoms with Gasteiger partial charge >= 0.3 is 0 Å². The summed E-state index contributed by atoms with van der Waals surface area (Å²) in [5.41, 5.74) is 0. The van der Waals surface area contributed by atoms with Gasteiger partial charge in [0.1, 0.15) is 0 Å². The van der Waals surface area contributed by atoms with E-state index in [2.05, 4.69) is 22.8 Å². The van der Waals surface area contributed by atoms with Crippen LogP contribution >= 0.6 is 11.3 Å². The first-order chi connectivity index (χ1) is 6.95. The molecule has 14 heavy (non-hydrogen) atoms. The van der Waals surface area contributed by atoms with Crippen molar-refractivity contribution in [3.05, 3.63) is 22.4 Å². The minimum absolute atomic E-state index is 0.777. The van der Waals surface area contributed by atoms with Gasteiger partial charge in [0.2, 0.25) is 0 Å². The Hall–Kier alpha value is -0.340. The van der Waals surface area contributed by atoms with Gasteiger partial charge in [-0.2, -0.15) is 0 Å². The van der Waals surface area contributed by atoms with E-state index in [1.807, 2.05) is 11.3 Å². The fraction of sp³-hybridized carbons (Fsp3) is 0.667. The van der Waals surface area contributed by atoms with Crippen LogP contribution in [0.25, 0.3) is 0 Å². The SMILES string of the molecule is c1csc(CNC2CCCCCC2)c1. The number of thiophene rings is 1. The third-order valence-electron chi connectivity index (χ3n) is 3.00. The van der Waals surface area contributed by atoms with Crippen molar-refractivity contribution >= 4 is 11.3 Å². The smallest absolute Gasteiger partial charge is 0.0302 e. The molecule has 0 amide bonds. The van der Waals surface area contributed by atoms with Crippen LogP contribution in [0.1, 0.15) is 43.4 Å². The van der Waals surface area contributed by atoms with Crippen LogP contribution in [-0.4, -0.2) is 6.04 Å². The lowest BCUT2D eigenvalue weighted by Gasteiger charge is -2.15. The van der Waals surface area contributed by atoms with Gasteiger partial charge in [0, 0.05) is 17.5 Å². The Morgan fingerprint density at radius 1 is 1.21 bits per heavy atom. The summed E-state index contributed by atoms with van der Waals surface area (Å²) in [7, 11) is 0. The average Bonchev–Trinajstić information content (AvgIpc) is 2.58. The van der Waals surface area contributed by atoms with Crippen molar-refractivity contribution in [2.45, 2.75) is 51.1 Å². The van der Waals surface area contributed by atoms with E-state index >= 15 is 0 Å². The summed E-state index contributed by atoms with van der Waals surface area (Å²) in [5, 5.41) is 5.83. The van der Waals surface area contributed by atoms with Crippen LogP contribution in [0.2, 0.25) is 0 Å². The summed E-state index contributed by atoms with van der Waals surface area (Å²) in [5.74, 6) is 0. The molecule has 2 heteroatoms. The summed E-state index contributed by atoms with van der Waals surface area (Å²) >= 11 is 1.85. The van der Waals surface area contributed by atoms with Crippen molar-refractivity contribution in [2.75, 3.05) is 0 Å². The molecule has 0 atom stereocenters. The summed E-state index contributed by atoms with van der Waals surface area (Å²) < 4.78 is 0. The molecule has 0 unspecified atom stereocenters. The second-order valence-corrected chi connectivity index (χ2v) is 5.18. The highest BCUT2D eigenvalue weighted by Crippen LogP contribution is 2.18. The van der Waals surface area contributed by atoms with E-state index in [0.717, 1.165) is 12.6 Å². The Morgan fingerprint density at radius 3 is 2.64 bits per heavy atom. The molecule has 78 valence electrons. The normalized spacial score (nSPS) is 19.4. The quantitative estimate of drug-likeness (QED) is 0.751. The minimum atomic E-state index is 0.777. The fourth-order valence-corrected chi connectivity index (χ4v) is 2.80. The number of rotatable bonds is 3. The van der Waals surface area contributed by atoms with Gasteiger partial charge in [0.25, 0.3) is 0 Å². The van der Waals surface area contributed by atoms with E-state index in [4.69, 9.17) is 0 Å². The highest BCUT2D eigenvalue weighted by atomic mass is 32.1. The predicted octanol–water partition coefficient (Wildman–Crippen LogP) is 3.56. The van der Waals surface area contributed by atoms with Gasteiger partial charge in [0.05, 0.1) is 0 Å². The Bertz CT molecular complexity index is 235. The fourth-order valence-electron chi connectivity index (χ4n) is 2.14. The van der Waals surface area contributed by atoms with Crippen molar-refractivity contribution in [3.63, 3.8) is 0 Å². The topological polar surface area (TPSA) is 12.0 Å². The zero-order valence-electron chi connectivity index (χ0n) is 8.67. The van der Waals surface area contributed by atoms with Crippen LogP contribution in [0, 0.1) is 0 Å². The average molecular weight is 209 g/mol. The lowest BCUT2D eigenvalue weighted by molar-refractivity contribution is 0.461. The molecule has 0 bridgehead atoms. The molecule has 1 heterocycles. The first kappa shape index (κ1) is 10.2. The monoisotopic (exact) mass is 209 g/mol. The molecular weight excluding hydrogens is 190 g/mol. The molecule has 0 aromatic carbocycles. The lowest BCUT2D eigenvalue weighted by atomic mass is 10.1. The van der Waals surface area contributed by atoms with E-state index in [1.54, 1.807) is 0 Å². The van der Waals surface area contributed by atoms with E-state index in [9.17, 15) is 0 Å². The van der Waals surface area contributed by atoms with E-state index in [-0.39, 0.29) is 0 Å². The largest absolute Gasteiger partial charge is 0.309 e. The first-order valence-electron chi connectivity index (χ1n) is 5.71. The first-order valence-corrected chi connectivity index (χ1v) is 6.59. The summed E-state index contributed by atoms with van der Waals surface area (Å²) in [6.45, 7) is 1.07. The molecule has 1 saturated carbocycles. The molecule has 2 rings (SSSR count). The zero-order valence-corrected chi connectivity index (χ0v) is 9.48. The van der Waals surface area contributed by atoms with Crippen molar-refractivity contribution in [2.24, 2.45) is 0 Å². The maximum absolute atomic E-state index is 3.67. The molecule has 0 spiro atoms. The molecule has 0 aliphatic heterocycles. The molecule has 1 nitrogen and oxygen atoms in total. The Kier molecular flexibility index (Phi) is 4.02. The number of hydrogen-bond acceptors (Lipinski definition) is 2. The molecule has 1 aromatic rings. The Balaban J connectivity index is 1.73. The highest BCUT2D eigenvalue weighted by molar-refractivity contribution is 7.09. The highest BCUT2D eigenvalue weighted by Gasteiger charge is 2.11. The van der Waals surface area contributed by atoms with Crippen molar-refractivity contribution in [1.82, 2.24) is 5.32 Å². The third kappa shape index (κ3) is 3.10. The second kappa shape index (κ2) is 5.52. The molecule has 1 fully saturated rings. The zero-order chi connectivity index (χ0) is 9.64. The van der Waals surface area contributed by atoms with E-state index < -0.39 is 0 Å². The standard InChI is InChI=1S/C12H19NS/c1-2-4-7-11(6-3-1)13-10-12-8-5-9-14-12/h5,8-9,11,13H,1-4,6-7,10H2. The van der Waals surface area contributed by atoms with Crippen molar-refractivity contribution in [1.29, 1.82) is 0 Å². The molecule has 1 N–H and O–H groups in total. The van der Waals surface area contributed by atoms with Crippen molar-refractivity contribution in [3.8, 4) is 0 Å². The third-order valence-corrected chi connectivity index (χ3v) is 3.88. The van der Waals surface area contributed by atoms with Gasteiger partial charge < -0.3 is 5.32 Å². The molecular formula is C12H19NS. The Morgan fingerprint density at radius 2 is 2.00 bits per heavy atom. The molecule has 0 radical (unpaired) electrons. The molecule has 1 aliphatic carbocycles. The van der Waals surface area contributed by atoms with Crippen LogP contribution < -0.4 is 5.32 Å². The molecule has 1 aliphatic rings. The maximum Gasteiger partial charge on any atom is 0.0302 e. The van der Waals surface area contributed by atoms with Crippen LogP contribution in [0.15, 0.2) is 17.5 Å². The summed E-state index contributed by atoms with van der Waals surface area (Å²) in [6, 6.07) is 5.13. The van der Waals surface area contributed by atoms with Gasteiger partial charge in [-0.25, -0.2) is 0 Å². The Labute approximate surface area is 90.5 Å². The van der Waals surface area contributed by atoms with E-state index in [0.29, 0.717) is 0 Å². The van der Waals surface area contributed by atoms with Crippen molar-refractivity contribution < 1.29 is 0 Å². The summed E-state index contributed by atoms with van der Waals surface area (Å²) in [4.78, 5) is 1.47. The van der Waals surface area contributed by atoms with Crippen LogP contribution in [-0.2, 0) is 6.54 Å². The summed E-state index contributed by atoms with van der Waals surface area (Å²) in [6.07, 6.45) is 8.48. The van der Waals surface area contributed by atoms with Gasteiger partial charge in [-0.05, 0) is 24.3 Å². The maximum atomic E-state index is 3.67. The molecule has 0 saturated heterocycles. The minimum Gasteiger partial charge on any atom is -0.309 e. The van der Waals surface area contributed by atoms with Gasteiger partial charge in [0.15, 0.2) is 0 Å². The number of nitrogens with one attached hydrogen (secondary N) is 1. The van der Waals surface area contributed by atoms with E-state index in [1.165, 1.54) is 43.4 Å². The van der Waals surface area contributed by atoms with Gasteiger partial charge in [-0.1, -0.05) is 31.7 Å². The van der Waals surface area contributed by atoms with Crippen LogP contribution in [0.5, 0.6) is 0 Å². The van der Waals surface area contributed by atoms with Gasteiger partial charge in [-0.15, -0.1) is 11.3 Å². The lowest BCUT2D eigenvalue weighted by Crippen LogP contribution is -2.27. The predicted molar refractivity (Wildman–Crippen MR) is 62.6 cm³/mol. The second-order valence-electron chi connectivity index (χ2n) is 4.15. The van der Waals surface area contributed by atoms with Crippen LogP contribution in [0.4, 0.5) is 0 Å².